The van der Waals surface area contributed by atoms with Gasteiger partial charge in [0.2, 0.25) is 0 Å². The molecule has 30 heavy (non-hydrogen) atoms. The summed E-state index contributed by atoms with van der Waals surface area (Å²) in [6.07, 6.45) is -0.973. The minimum Gasteiger partial charge on any atom is -0.469 e. The van der Waals surface area contributed by atoms with Gasteiger partial charge in [0.05, 0.1) is 5.56 Å². The molecule has 2 heterocycles. The Kier molecular flexibility index (Phi) is 5.30. The van der Waals surface area contributed by atoms with E-state index in [9.17, 15) is 14.4 Å². The smallest absolute Gasteiger partial charge is 0.469 e. The van der Waals surface area contributed by atoms with Gasteiger partial charge in [0, 0.05) is 11.1 Å². The number of urea groups is 1. The van der Waals surface area contributed by atoms with E-state index in [0.29, 0.717) is 22.0 Å². The van der Waals surface area contributed by atoms with Crippen molar-refractivity contribution < 1.29 is 23.7 Å². The SMILES string of the molecule is CC(C)NC(=O)CN1C(=O)C2Oc3ccccc3C2=[N+](Cc2ccc(Cl)cc2)C1=O. The number of imide groups is 1. The molecule has 1 N–H and O–H groups in total. The molecule has 0 aliphatic carbocycles. The minimum atomic E-state index is -0.973. The lowest BCUT2D eigenvalue weighted by molar-refractivity contribution is -0.456. The zero-order valence-electron chi connectivity index (χ0n) is 16.6. The number of benzene rings is 2. The second-order valence-corrected chi connectivity index (χ2v) is 7.96. The van der Waals surface area contributed by atoms with Crippen LogP contribution in [-0.2, 0) is 16.1 Å². The molecular weight excluding hydrogens is 406 g/mol. The van der Waals surface area contributed by atoms with Crippen LogP contribution < -0.4 is 10.1 Å². The normalized spacial score (nSPS) is 17.7. The molecule has 2 aromatic rings. The van der Waals surface area contributed by atoms with Crippen LogP contribution in [0.2, 0.25) is 5.02 Å². The third-order valence-corrected chi connectivity index (χ3v) is 5.16. The predicted octanol–water partition coefficient (Wildman–Crippen LogP) is 2.59. The largest absolute Gasteiger partial charge is 0.501 e. The highest BCUT2D eigenvalue weighted by Gasteiger charge is 2.54. The summed E-state index contributed by atoms with van der Waals surface area (Å²) in [4.78, 5) is 39.7. The number of rotatable bonds is 5. The van der Waals surface area contributed by atoms with Gasteiger partial charge in [-0.15, -0.1) is 4.90 Å². The first-order chi connectivity index (χ1) is 14.3. The van der Waals surface area contributed by atoms with E-state index in [1.54, 1.807) is 24.3 Å². The van der Waals surface area contributed by atoms with Crippen LogP contribution in [0, 0.1) is 0 Å². The van der Waals surface area contributed by atoms with Crippen LogP contribution in [0.3, 0.4) is 0 Å². The van der Waals surface area contributed by atoms with E-state index < -0.39 is 23.9 Å². The maximum absolute atomic E-state index is 13.3. The first-order valence-corrected chi connectivity index (χ1v) is 10.0. The third kappa shape index (κ3) is 3.68. The Balaban J connectivity index is 1.75. The monoisotopic (exact) mass is 426 g/mol. The van der Waals surface area contributed by atoms with Gasteiger partial charge in [0.1, 0.15) is 12.3 Å². The topological polar surface area (TPSA) is 78.7 Å². The second kappa shape index (κ2) is 7.91. The molecule has 2 aliphatic heterocycles. The summed E-state index contributed by atoms with van der Waals surface area (Å²) in [5.41, 5.74) is 2.03. The van der Waals surface area contributed by atoms with Crippen LogP contribution in [-0.4, -0.2) is 51.7 Å². The molecule has 1 unspecified atom stereocenters. The van der Waals surface area contributed by atoms with Crippen molar-refractivity contribution in [1.82, 2.24) is 10.2 Å². The maximum atomic E-state index is 13.3. The fourth-order valence-corrected chi connectivity index (χ4v) is 3.75. The summed E-state index contributed by atoms with van der Waals surface area (Å²) in [6.45, 7) is 3.48. The number of hydrogen-bond acceptors (Lipinski definition) is 4. The Bertz CT molecular complexity index is 1060. The van der Waals surface area contributed by atoms with E-state index in [4.69, 9.17) is 16.3 Å². The van der Waals surface area contributed by atoms with E-state index in [1.165, 1.54) is 4.58 Å². The van der Waals surface area contributed by atoms with Gasteiger partial charge in [-0.05, 0) is 43.7 Å². The number of hydrogen-bond donors (Lipinski definition) is 1. The first kappa shape index (κ1) is 20.1. The number of para-hydroxylation sites is 1. The quantitative estimate of drug-likeness (QED) is 0.745. The number of nitrogens with one attached hydrogen (secondary N) is 1. The molecule has 1 atom stereocenters. The number of ether oxygens (including phenoxy) is 1. The standard InChI is InChI=1S/C22H20ClN3O4/c1-13(2)24-18(27)12-26-21(28)20-19(16-5-3-4-6-17(16)30-20)25(22(26)29)11-14-7-9-15(23)10-8-14/h3-10,13,20H,11-12H2,1-2H3/p+1. The number of amides is 4. The molecule has 4 amide bonds. The number of fused-ring (bicyclic) bond motifs is 3. The molecule has 0 saturated heterocycles. The molecular formula is C22H21ClN3O4+. The lowest BCUT2D eigenvalue weighted by Crippen LogP contribution is -2.59. The summed E-state index contributed by atoms with van der Waals surface area (Å²) in [6, 6.07) is 13.7. The highest BCUT2D eigenvalue weighted by molar-refractivity contribution is 6.30. The van der Waals surface area contributed by atoms with Crippen LogP contribution >= 0.6 is 11.6 Å². The maximum Gasteiger partial charge on any atom is 0.501 e. The Labute approximate surface area is 178 Å². The van der Waals surface area contributed by atoms with Crippen LogP contribution in [0.1, 0.15) is 25.0 Å². The van der Waals surface area contributed by atoms with Gasteiger partial charge < -0.3 is 10.1 Å². The lowest BCUT2D eigenvalue weighted by atomic mass is 10.0. The Morgan fingerprint density at radius 3 is 2.57 bits per heavy atom. The van der Waals surface area contributed by atoms with Gasteiger partial charge >= 0.3 is 11.9 Å². The number of carbonyl (C=O) groups is 3. The lowest BCUT2D eigenvalue weighted by Gasteiger charge is -2.24. The van der Waals surface area contributed by atoms with Gasteiger partial charge in [-0.1, -0.05) is 35.9 Å². The summed E-state index contributed by atoms with van der Waals surface area (Å²) in [5, 5.41) is 3.30. The molecule has 0 radical (unpaired) electrons. The molecule has 2 aromatic carbocycles. The Morgan fingerprint density at radius 1 is 1.17 bits per heavy atom. The van der Waals surface area contributed by atoms with Gasteiger partial charge in [-0.25, -0.2) is 4.79 Å². The summed E-state index contributed by atoms with van der Waals surface area (Å²) < 4.78 is 7.38. The molecule has 0 bridgehead atoms. The van der Waals surface area contributed by atoms with Crippen molar-refractivity contribution in [2.45, 2.75) is 32.5 Å². The van der Waals surface area contributed by atoms with Crippen LogP contribution in [0.4, 0.5) is 4.79 Å². The average Bonchev–Trinajstić information content (AvgIpc) is 3.09. The van der Waals surface area contributed by atoms with Gasteiger partial charge in [-0.2, -0.15) is 9.37 Å². The highest BCUT2D eigenvalue weighted by atomic mass is 35.5. The van der Waals surface area contributed by atoms with Crippen molar-refractivity contribution in [3.05, 3.63) is 64.7 Å². The molecule has 8 heteroatoms. The average molecular weight is 427 g/mol. The number of halogens is 1. The van der Waals surface area contributed by atoms with Gasteiger partial charge in [-0.3, -0.25) is 4.79 Å². The molecule has 0 spiro atoms. The zero-order valence-corrected chi connectivity index (χ0v) is 17.3. The summed E-state index contributed by atoms with van der Waals surface area (Å²) in [7, 11) is 0. The van der Waals surface area contributed by atoms with E-state index in [2.05, 4.69) is 5.32 Å². The predicted molar refractivity (Wildman–Crippen MR) is 111 cm³/mol. The minimum absolute atomic E-state index is 0.105. The molecule has 2 aliphatic rings. The highest BCUT2D eigenvalue weighted by Crippen LogP contribution is 2.32. The third-order valence-electron chi connectivity index (χ3n) is 4.90. The second-order valence-electron chi connectivity index (χ2n) is 7.52. The molecule has 0 saturated carbocycles. The Hall–Kier alpha value is -3.19. The fraction of sp³-hybridized carbons (Fsp3) is 0.273. The number of carbonyl (C=O) groups excluding carboxylic acids is 3. The van der Waals surface area contributed by atoms with Crippen molar-refractivity contribution in [3.63, 3.8) is 0 Å². The van der Waals surface area contributed by atoms with Crippen molar-refractivity contribution in [1.29, 1.82) is 0 Å². The van der Waals surface area contributed by atoms with E-state index in [-0.39, 0.29) is 19.1 Å². The molecule has 4 rings (SSSR count). The van der Waals surface area contributed by atoms with Crippen molar-refractivity contribution in [2.24, 2.45) is 0 Å². The van der Waals surface area contributed by atoms with E-state index in [1.807, 2.05) is 38.1 Å². The molecule has 7 nitrogen and oxygen atoms in total. The Morgan fingerprint density at radius 2 is 1.87 bits per heavy atom. The molecule has 154 valence electrons. The molecule has 0 aromatic heterocycles. The van der Waals surface area contributed by atoms with Crippen molar-refractivity contribution in [3.8, 4) is 5.75 Å². The molecule has 0 fully saturated rings. The number of nitrogens with zero attached hydrogens (tertiary/aromatic N) is 2. The van der Waals surface area contributed by atoms with Gasteiger partial charge in [0.15, 0.2) is 12.3 Å². The van der Waals surface area contributed by atoms with Crippen LogP contribution in [0.5, 0.6) is 5.75 Å². The van der Waals surface area contributed by atoms with Crippen molar-refractivity contribution in [2.75, 3.05) is 6.54 Å². The van der Waals surface area contributed by atoms with Crippen molar-refractivity contribution >= 4 is 35.2 Å². The van der Waals surface area contributed by atoms with Crippen LogP contribution in [0.25, 0.3) is 0 Å². The van der Waals surface area contributed by atoms with Crippen LogP contribution in [0.15, 0.2) is 48.5 Å². The first-order valence-electron chi connectivity index (χ1n) is 9.64. The summed E-state index contributed by atoms with van der Waals surface area (Å²) in [5.74, 6) is -0.414. The van der Waals surface area contributed by atoms with Gasteiger partial charge in [0.25, 0.3) is 12.0 Å². The van der Waals surface area contributed by atoms with E-state index >= 15 is 0 Å². The fourth-order valence-electron chi connectivity index (χ4n) is 3.63. The summed E-state index contributed by atoms with van der Waals surface area (Å²) >= 11 is 5.98. The van der Waals surface area contributed by atoms with E-state index in [0.717, 1.165) is 10.5 Å². The zero-order chi connectivity index (χ0) is 21.4.